The highest BCUT2D eigenvalue weighted by molar-refractivity contribution is 5.14. The van der Waals surface area contributed by atoms with Crippen molar-refractivity contribution in [2.24, 2.45) is 0 Å². The van der Waals surface area contributed by atoms with Gasteiger partial charge in [-0.15, -0.1) is 0 Å². The van der Waals surface area contributed by atoms with Gasteiger partial charge in [0.1, 0.15) is 0 Å². The largest absolute Gasteiger partial charge is 0.306 e. The zero-order valence-corrected chi connectivity index (χ0v) is 9.27. The molecule has 1 aromatic rings. The van der Waals surface area contributed by atoms with E-state index < -0.39 is 0 Å². The number of hydrogen-bond donors (Lipinski definition) is 1. The Labute approximate surface area is 91.1 Å². The molecule has 80 valence electrons. The molecule has 0 aliphatic heterocycles. The number of nitriles is 1. The number of pyridine rings is 1. The molecule has 0 spiro atoms. The number of hydrogen-bond acceptors (Lipinski definition) is 3. The third-order valence-corrected chi connectivity index (χ3v) is 2.52. The van der Waals surface area contributed by atoms with Crippen LogP contribution in [0.2, 0.25) is 0 Å². The predicted molar refractivity (Wildman–Crippen MR) is 60.1 cm³/mol. The molecule has 0 amide bonds. The van der Waals surface area contributed by atoms with Crippen molar-refractivity contribution in [2.45, 2.75) is 38.8 Å². The van der Waals surface area contributed by atoms with Gasteiger partial charge in [-0.1, -0.05) is 6.92 Å². The van der Waals surface area contributed by atoms with Gasteiger partial charge in [-0.2, -0.15) is 5.26 Å². The second kappa shape index (κ2) is 6.15. The van der Waals surface area contributed by atoms with E-state index in [0.29, 0.717) is 6.42 Å². The third-order valence-electron chi connectivity index (χ3n) is 2.52. The molecule has 0 aliphatic carbocycles. The summed E-state index contributed by atoms with van der Waals surface area (Å²) in [6, 6.07) is 6.74. The van der Waals surface area contributed by atoms with Crippen molar-refractivity contribution in [2.75, 3.05) is 0 Å². The van der Waals surface area contributed by atoms with Crippen molar-refractivity contribution in [1.82, 2.24) is 10.3 Å². The van der Waals surface area contributed by atoms with Crippen LogP contribution in [0, 0.1) is 11.3 Å². The van der Waals surface area contributed by atoms with Crippen molar-refractivity contribution in [1.29, 1.82) is 5.26 Å². The summed E-state index contributed by atoms with van der Waals surface area (Å²) in [7, 11) is 0. The molecule has 1 rings (SSSR count). The van der Waals surface area contributed by atoms with Crippen LogP contribution in [0.15, 0.2) is 24.5 Å². The van der Waals surface area contributed by atoms with Crippen LogP contribution in [0.1, 0.15) is 38.3 Å². The van der Waals surface area contributed by atoms with Gasteiger partial charge in [0.05, 0.1) is 12.5 Å². The lowest BCUT2D eigenvalue weighted by Crippen LogP contribution is -2.30. The van der Waals surface area contributed by atoms with E-state index in [4.69, 9.17) is 5.26 Å². The van der Waals surface area contributed by atoms with Crippen molar-refractivity contribution < 1.29 is 0 Å². The maximum absolute atomic E-state index is 8.65. The highest BCUT2D eigenvalue weighted by atomic mass is 14.9. The van der Waals surface area contributed by atoms with Crippen LogP contribution < -0.4 is 5.32 Å². The number of aromatic nitrogens is 1. The van der Waals surface area contributed by atoms with Gasteiger partial charge < -0.3 is 5.32 Å². The first-order valence-electron chi connectivity index (χ1n) is 5.30. The minimum Gasteiger partial charge on any atom is -0.306 e. The molecule has 0 bridgehead atoms. The molecule has 3 nitrogen and oxygen atoms in total. The average Bonchev–Trinajstić information content (AvgIpc) is 2.29. The summed E-state index contributed by atoms with van der Waals surface area (Å²) >= 11 is 0. The summed E-state index contributed by atoms with van der Waals surface area (Å²) in [6.07, 6.45) is 5.12. The standard InChI is InChI=1S/C12H17N3/c1-3-12(4-7-13)15-10(2)11-5-8-14-9-6-11/h5-6,8-10,12,15H,3-4H2,1-2H3/t10-,12?/m1/s1. The smallest absolute Gasteiger partial charge is 0.0638 e. The fourth-order valence-corrected chi connectivity index (χ4v) is 1.53. The molecule has 1 aromatic heterocycles. The molecule has 1 unspecified atom stereocenters. The average molecular weight is 203 g/mol. The first-order chi connectivity index (χ1) is 7.27. The first kappa shape index (κ1) is 11.7. The van der Waals surface area contributed by atoms with E-state index in [1.165, 1.54) is 5.56 Å². The summed E-state index contributed by atoms with van der Waals surface area (Å²) in [6.45, 7) is 4.20. The predicted octanol–water partition coefficient (Wildman–Crippen LogP) is 2.42. The van der Waals surface area contributed by atoms with Gasteiger partial charge in [0.25, 0.3) is 0 Å². The van der Waals surface area contributed by atoms with E-state index in [0.717, 1.165) is 6.42 Å². The van der Waals surface area contributed by atoms with Crippen LogP contribution in [-0.4, -0.2) is 11.0 Å². The molecule has 0 aromatic carbocycles. The Balaban J connectivity index is 2.55. The highest BCUT2D eigenvalue weighted by Crippen LogP contribution is 2.12. The van der Waals surface area contributed by atoms with Gasteiger partial charge in [0.2, 0.25) is 0 Å². The summed E-state index contributed by atoms with van der Waals surface area (Å²) in [5.41, 5.74) is 1.21. The van der Waals surface area contributed by atoms with E-state index in [1.807, 2.05) is 12.1 Å². The second-order valence-corrected chi connectivity index (χ2v) is 3.64. The van der Waals surface area contributed by atoms with E-state index in [1.54, 1.807) is 12.4 Å². The van der Waals surface area contributed by atoms with Crippen LogP contribution in [0.3, 0.4) is 0 Å². The third kappa shape index (κ3) is 3.69. The van der Waals surface area contributed by atoms with Gasteiger partial charge in [-0.25, -0.2) is 0 Å². The molecular weight excluding hydrogens is 186 g/mol. The molecule has 0 saturated carbocycles. The maximum Gasteiger partial charge on any atom is 0.0638 e. The Morgan fingerprint density at radius 3 is 2.67 bits per heavy atom. The lowest BCUT2D eigenvalue weighted by molar-refractivity contribution is 0.448. The topological polar surface area (TPSA) is 48.7 Å². The zero-order valence-electron chi connectivity index (χ0n) is 9.27. The Morgan fingerprint density at radius 1 is 1.47 bits per heavy atom. The molecule has 15 heavy (non-hydrogen) atoms. The summed E-state index contributed by atoms with van der Waals surface area (Å²) < 4.78 is 0. The number of nitrogens with one attached hydrogen (secondary N) is 1. The van der Waals surface area contributed by atoms with Crippen LogP contribution in [0.25, 0.3) is 0 Å². The molecule has 1 N–H and O–H groups in total. The Hall–Kier alpha value is -1.40. The van der Waals surface area contributed by atoms with Crippen molar-refractivity contribution in [3.63, 3.8) is 0 Å². The summed E-state index contributed by atoms with van der Waals surface area (Å²) in [4.78, 5) is 3.98. The molecule has 3 heteroatoms. The molecule has 0 aliphatic rings. The normalized spacial score (nSPS) is 14.2. The van der Waals surface area contributed by atoms with Crippen LogP contribution in [-0.2, 0) is 0 Å². The molecule has 0 radical (unpaired) electrons. The van der Waals surface area contributed by atoms with E-state index in [2.05, 4.69) is 30.2 Å². The van der Waals surface area contributed by atoms with E-state index in [-0.39, 0.29) is 12.1 Å². The SMILES string of the molecule is CCC(CC#N)N[C@H](C)c1ccncc1. The summed E-state index contributed by atoms with van der Waals surface area (Å²) in [5.74, 6) is 0. The van der Waals surface area contributed by atoms with Crippen molar-refractivity contribution in [3.8, 4) is 6.07 Å². The second-order valence-electron chi connectivity index (χ2n) is 3.64. The molecule has 0 fully saturated rings. The molecular formula is C12H17N3. The van der Waals surface area contributed by atoms with Gasteiger partial charge in [-0.05, 0) is 31.0 Å². The van der Waals surface area contributed by atoms with Crippen LogP contribution in [0.4, 0.5) is 0 Å². The molecule has 1 heterocycles. The lowest BCUT2D eigenvalue weighted by Gasteiger charge is -2.20. The van der Waals surface area contributed by atoms with Crippen molar-refractivity contribution in [3.05, 3.63) is 30.1 Å². The molecule has 2 atom stereocenters. The van der Waals surface area contributed by atoms with Gasteiger partial charge in [0.15, 0.2) is 0 Å². The Kier molecular flexibility index (Phi) is 4.79. The maximum atomic E-state index is 8.65. The van der Waals surface area contributed by atoms with Gasteiger partial charge in [0, 0.05) is 24.5 Å². The van der Waals surface area contributed by atoms with Crippen LogP contribution >= 0.6 is 0 Å². The quantitative estimate of drug-likeness (QED) is 0.799. The molecule has 0 saturated heterocycles. The minimum atomic E-state index is 0.270. The van der Waals surface area contributed by atoms with Gasteiger partial charge >= 0.3 is 0 Å². The number of nitrogens with zero attached hydrogens (tertiary/aromatic N) is 2. The van der Waals surface area contributed by atoms with Crippen molar-refractivity contribution >= 4 is 0 Å². The monoisotopic (exact) mass is 203 g/mol. The Bertz CT molecular complexity index is 315. The fourth-order valence-electron chi connectivity index (χ4n) is 1.53. The Morgan fingerprint density at radius 2 is 2.13 bits per heavy atom. The minimum absolute atomic E-state index is 0.270. The fraction of sp³-hybridized carbons (Fsp3) is 0.500. The van der Waals surface area contributed by atoms with E-state index >= 15 is 0 Å². The highest BCUT2D eigenvalue weighted by Gasteiger charge is 2.10. The van der Waals surface area contributed by atoms with Crippen LogP contribution in [0.5, 0.6) is 0 Å². The van der Waals surface area contributed by atoms with Gasteiger partial charge in [-0.3, -0.25) is 4.98 Å². The zero-order chi connectivity index (χ0) is 11.1. The number of rotatable bonds is 5. The van der Waals surface area contributed by atoms with E-state index in [9.17, 15) is 0 Å². The lowest BCUT2D eigenvalue weighted by atomic mass is 10.1. The summed E-state index contributed by atoms with van der Waals surface area (Å²) in [5, 5.41) is 12.1. The first-order valence-corrected chi connectivity index (χ1v) is 5.30.